The molecule has 1 aromatic heterocycles. The average Bonchev–Trinajstić information content (AvgIpc) is 2.60. The SMILES string of the molecule is CCC(C)CC(NC)c1snnc1C. The second-order valence-electron chi connectivity index (χ2n) is 3.81. The lowest BCUT2D eigenvalue weighted by Crippen LogP contribution is -2.18. The highest BCUT2D eigenvalue weighted by Crippen LogP contribution is 2.26. The second-order valence-corrected chi connectivity index (χ2v) is 4.60. The Morgan fingerprint density at radius 2 is 2.21 bits per heavy atom. The van der Waals surface area contributed by atoms with Crippen LogP contribution in [-0.2, 0) is 0 Å². The first-order valence-corrected chi connectivity index (χ1v) is 5.92. The summed E-state index contributed by atoms with van der Waals surface area (Å²) in [7, 11) is 2.01. The molecule has 0 saturated heterocycles. The van der Waals surface area contributed by atoms with Crippen LogP contribution in [0.3, 0.4) is 0 Å². The Labute approximate surface area is 90.1 Å². The molecule has 14 heavy (non-hydrogen) atoms. The molecular formula is C10H19N3S. The third-order valence-corrected chi connectivity index (χ3v) is 3.63. The fraction of sp³-hybridized carbons (Fsp3) is 0.800. The molecule has 0 radical (unpaired) electrons. The Hall–Kier alpha value is -0.480. The van der Waals surface area contributed by atoms with Gasteiger partial charge in [0, 0.05) is 6.04 Å². The maximum atomic E-state index is 4.05. The van der Waals surface area contributed by atoms with Crippen molar-refractivity contribution in [2.45, 2.75) is 39.7 Å². The van der Waals surface area contributed by atoms with E-state index in [0.717, 1.165) is 18.0 Å². The number of hydrogen-bond acceptors (Lipinski definition) is 4. The van der Waals surface area contributed by atoms with E-state index in [1.807, 2.05) is 14.0 Å². The highest BCUT2D eigenvalue weighted by atomic mass is 32.1. The van der Waals surface area contributed by atoms with Crippen molar-refractivity contribution in [3.8, 4) is 0 Å². The van der Waals surface area contributed by atoms with E-state index in [1.54, 1.807) is 0 Å². The van der Waals surface area contributed by atoms with Crippen molar-refractivity contribution < 1.29 is 0 Å². The Morgan fingerprint density at radius 1 is 1.50 bits per heavy atom. The molecule has 0 aliphatic carbocycles. The maximum absolute atomic E-state index is 4.05. The lowest BCUT2D eigenvalue weighted by atomic mass is 9.98. The fourth-order valence-electron chi connectivity index (χ4n) is 1.48. The van der Waals surface area contributed by atoms with Crippen LogP contribution in [0.1, 0.15) is 43.3 Å². The zero-order chi connectivity index (χ0) is 10.6. The van der Waals surface area contributed by atoms with Crippen molar-refractivity contribution in [3.63, 3.8) is 0 Å². The van der Waals surface area contributed by atoms with Gasteiger partial charge in [-0.05, 0) is 37.8 Å². The van der Waals surface area contributed by atoms with Gasteiger partial charge in [-0.2, -0.15) is 0 Å². The molecule has 2 unspecified atom stereocenters. The van der Waals surface area contributed by atoms with Gasteiger partial charge in [0.25, 0.3) is 0 Å². The molecule has 1 rings (SSSR count). The van der Waals surface area contributed by atoms with Gasteiger partial charge in [-0.15, -0.1) is 5.10 Å². The summed E-state index contributed by atoms with van der Waals surface area (Å²) in [5.41, 5.74) is 1.07. The lowest BCUT2D eigenvalue weighted by molar-refractivity contribution is 0.424. The van der Waals surface area contributed by atoms with E-state index in [0.29, 0.717) is 6.04 Å². The molecule has 0 fully saturated rings. The molecule has 0 bridgehead atoms. The van der Waals surface area contributed by atoms with Crippen LogP contribution < -0.4 is 5.32 Å². The minimum absolute atomic E-state index is 0.421. The molecule has 1 heterocycles. The highest BCUT2D eigenvalue weighted by Gasteiger charge is 2.17. The van der Waals surface area contributed by atoms with Gasteiger partial charge in [-0.3, -0.25) is 0 Å². The molecule has 3 nitrogen and oxygen atoms in total. The zero-order valence-electron chi connectivity index (χ0n) is 9.37. The first-order valence-electron chi connectivity index (χ1n) is 5.15. The molecule has 0 saturated carbocycles. The molecule has 0 amide bonds. The summed E-state index contributed by atoms with van der Waals surface area (Å²) in [6.45, 7) is 6.54. The molecule has 1 aromatic rings. The van der Waals surface area contributed by atoms with Crippen molar-refractivity contribution in [3.05, 3.63) is 10.6 Å². The number of aromatic nitrogens is 2. The van der Waals surface area contributed by atoms with Crippen LogP contribution in [0, 0.1) is 12.8 Å². The summed E-state index contributed by atoms with van der Waals surface area (Å²) >= 11 is 1.51. The van der Waals surface area contributed by atoms with Crippen LogP contribution >= 0.6 is 11.5 Å². The third-order valence-electron chi connectivity index (χ3n) is 2.69. The van der Waals surface area contributed by atoms with E-state index in [9.17, 15) is 0 Å². The first kappa shape index (κ1) is 11.6. The van der Waals surface area contributed by atoms with Gasteiger partial charge in [0.1, 0.15) is 0 Å². The molecule has 0 spiro atoms. The summed E-state index contributed by atoms with van der Waals surface area (Å²) in [6, 6.07) is 0.421. The van der Waals surface area contributed by atoms with Crippen molar-refractivity contribution in [1.82, 2.24) is 14.9 Å². The lowest BCUT2D eigenvalue weighted by Gasteiger charge is -2.18. The van der Waals surface area contributed by atoms with Crippen LogP contribution in [0.25, 0.3) is 0 Å². The topological polar surface area (TPSA) is 37.8 Å². The minimum Gasteiger partial charge on any atom is -0.312 e. The zero-order valence-corrected chi connectivity index (χ0v) is 10.2. The van der Waals surface area contributed by atoms with E-state index >= 15 is 0 Å². The predicted molar refractivity (Wildman–Crippen MR) is 60.5 cm³/mol. The molecule has 1 N–H and O–H groups in total. The summed E-state index contributed by atoms with van der Waals surface area (Å²) < 4.78 is 3.98. The van der Waals surface area contributed by atoms with Gasteiger partial charge < -0.3 is 5.32 Å². The van der Waals surface area contributed by atoms with Crippen LogP contribution in [0.5, 0.6) is 0 Å². The number of hydrogen-bond donors (Lipinski definition) is 1. The monoisotopic (exact) mass is 213 g/mol. The van der Waals surface area contributed by atoms with Gasteiger partial charge in [-0.25, -0.2) is 0 Å². The van der Waals surface area contributed by atoms with Crippen molar-refractivity contribution in [1.29, 1.82) is 0 Å². The largest absolute Gasteiger partial charge is 0.312 e. The Kier molecular flexibility index (Phi) is 4.48. The molecule has 0 aliphatic rings. The van der Waals surface area contributed by atoms with Crippen LogP contribution in [0.4, 0.5) is 0 Å². The standard InChI is InChI=1S/C10H19N3S/c1-5-7(2)6-9(11-4)10-8(3)12-13-14-10/h7,9,11H,5-6H2,1-4H3. The normalized spacial score (nSPS) is 15.4. The van der Waals surface area contributed by atoms with E-state index in [-0.39, 0.29) is 0 Å². The van der Waals surface area contributed by atoms with E-state index in [4.69, 9.17) is 0 Å². The minimum atomic E-state index is 0.421. The summed E-state index contributed by atoms with van der Waals surface area (Å²) in [5, 5.41) is 7.39. The molecule has 0 aliphatic heterocycles. The first-order chi connectivity index (χ1) is 6.69. The van der Waals surface area contributed by atoms with E-state index < -0.39 is 0 Å². The van der Waals surface area contributed by atoms with Crippen LogP contribution in [0.2, 0.25) is 0 Å². The molecule has 2 atom stereocenters. The average molecular weight is 213 g/mol. The van der Waals surface area contributed by atoms with Crippen molar-refractivity contribution in [2.75, 3.05) is 7.05 Å². The predicted octanol–water partition coefficient (Wildman–Crippen LogP) is 2.54. The number of aryl methyl sites for hydroxylation is 1. The smallest absolute Gasteiger partial charge is 0.0772 e. The van der Waals surface area contributed by atoms with Crippen molar-refractivity contribution in [2.24, 2.45) is 5.92 Å². The Morgan fingerprint density at radius 3 is 2.64 bits per heavy atom. The third kappa shape index (κ3) is 2.75. The summed E-state index contributed by atoms with van der Waals surface area (Å²) in [4.78, 5) is 1.28. The number of rotatable bonds is 5. The van der Waals surface area contributed by atoms with Gasteiger partial charge in [-0.1, -0.05) is 24.8 Å². The Bertz CT molecular complexity index is 272. The van der Waals surface area contributed by atoms with Gasteiger partial charge in [0.2, 0.25) is 0 Å². The van der Waals surface area contributed by atoms with Gasteiger partial charge in [0.05, 0.1) is 10.6 Å². The van der Waals surface area contributed by atoms with E-state index in [1.165, 1.54) is 22.8 Å². The molecule has 80 valence electrons. The fourth-order valence-corrected chi connectivity index (χ4v) is 2.25. The molecule has 0 aromatic carbocycles. The Balaban J connectivity index is 2.67. The van der Waals surface area contributed by atoms with Crippen LogP contribution in [0.15, 0.2) is 0 Å². The summed E-state index contributed by atoms with van der Waals surface area (Å²) in [6.07, 6.45) is 2.39. The maximum Gasteiger partial charge on any atom is 0.0772 e. The second kappa shape index (κ2) is 5.41. The quantitative estimate of drug-likeness (QED) is 0.817. The molecule has 4 heteroatoms. The van der Waals surface area contributed by atoms with Gasteiger partial charge in [0.15, 0.2) is 0 Å². The number of nitrogens with zero attached hydrogens (tertiary/aromatic N) is 2. The van der Waals surface area contributed by atoms with Gasteiger partial charge >= 0.3 is 0 Å². The van der Waals surface area contributed by atoms with Crippen molar-refractivity contribution >= 4 is 11.5 Å². The van der Waals surface area contributed by atoms with E-state index in [2.05, 4.69) is 28.8 Å². The molecular weight excluding hydrogens is 194 g/mol. The summed E-state index contributed by atoms with van der Waals surface area (Å²) in [5.74, 6) is 0.744. The highest BCUT2D eigenvalue weighted by molar-refractivity contribution is 7.05. The van der Waals surface area contributed by atoms with Crippen LogP contribution in [-0.4, -0.2) is 16.6 Å². The number of nitrogens with one attached hydrogen (secondary N) is 1.